The van der Waals surface area contributed by atoms with Gasteiger partial charge in [-0.15, -0.1) is 0 Å². The van der Waals surface area contributed by atoms with E-state index in [9.17, 15) is 19.7 Å². The predicted octanol–water partition coefficient (Wildman–Crippen LogP) is 3.95. The molecular weight excluding hydrogens is 396 g/mol. The number of urea groups is 1. The number of likely N-dealkylation sites (tertiary alicyclic amines) is 1. The predicted molar refractivity (Wildman–Crippen MR) is 110 cm³/mol. The maximum Gasteiger partial charge on any atom is 0.320 e. The first kappa shape index (κ1) is 20.6. The minimum Gasteiger partial charge on any atom is -0.337 e. The molecule has 0 radical (unpaired) electrons. The van der Waals surface area contributed by atoms with Gasteiger partial charge in [0.15, 0.2) is 0 Å². The molecule has 29 heavy (non-hydrogen) atoms. The summed E-state index contributed by atoms with van der Waals surface area (Å²) in [6, 6.07) is 11.8. The lowest BCUT2D eigenvalue weighted by atomic mass is 10.1. The summed E-state index contributed by atoms with van der Waals surface area (Å²) in [4.78, 5) is 37.6. The number of carbonyl (C=O) groups excluding carboxylic acids is 2. The number of nitrogens with zero attached hydrogens (tertiary/aromatic N) is 2. The van der Waals surface area contributed by atoms with Crippen molar-refractivity contribution in [2.24, 2.45) is 0 Å². The van der Waals surface area contributed by atoms with E-state index in [2.05, 4.69) is 10.6 Å². The third kappa shape index (κ3) is 5.45. The summed E-state index contributed by atoms with van der Waals surface area (Å²) in [6.45, 7) is 1.03. The summed E-state index contributed by atoms with van der Waals surface area (Å²) < 4.78 is 0. The second-order valence-electron chi connectivity index (χ2n) is 6.81. The Kier molecular flexibility index (Phi) is 6.66. The molecule has 8 nitrogen and oxygen atoms in total. The van der Waals surface area contributed by atoms with E-state index in [1.165, 1.54) is 18.2 Å². The first-order chi connectivity index (χ1) is 13.9. The molecular formula is C20H21ClN4O4. The topological polar surface area (TPSA) is 105 Å². The van der Waals surface area contributed by atoms with Gasteiger partial charge in [-0.05, 0) is 43.0 Å². The van der Waals surface area contributed by atoms with Crippen LogP contribution in [0.1, 0.15) is 24.8 Å². The van der Waals surface area contributed by atoms with E-state index >= 15 is 0 Å². The van der Waals surface area contributed by atoms with Crippen molar-refractivity contribution in [1.82, 2.24) is 10.2 Å². The number of carbonyl (C=O) groups is 2. The van der Waals surface area contributed by atoms with Crippen molar-refractivity contribution in [2.45, 2.75) is 31.8 Å². The van der Waals surface area contributed by atoms with E-state index in [4.69, 9.17) is 11.6 Å². The molecule has 9 heteroatoms. The van der Waals surface area contributed by atoms with Crippen LogP contribution in [-0.2, 0) is 11.3 Å². The Labute approximate surface area is 173 Å². The fourth-order valence-corrected chi connectivity index (χ4v) is 3.39. The molecule has 1 unspecified atom stereocenters. The molecule has 2 N–H and O–H groups in total. The molecule has 1 saturated heterocycles. The average molecular weight is 417 g/mol. The molecule has 2 aromatic rings. The van der Waals surface area contributed by atoms with Crippen LogP contribution in [0.15, 0.2) is 48.5 Å². The summed E-state index contributed by atoms with van der Waals surface area (Å²) in [5.41, 5.74) is 0.820. The number of rotatable bonds is 5. The molecule has 0 spiro atoms. The van der Waals surface area contributed by atoms with Crippen molar-refractivity contribution >= 4 is 34.9 Å². The van der Waals surface area contributed by atoms with Gasteiger partial charge in [-0.2, -0.15) is 0 Å². The Morgan fingerprint density at radius 2 is 1.90 bits per heavy atom. The first-order valence-corrected chi connectivity index (χ1v) is 9.66. The minimum absolute atomic E-state index is 0.0779. The van der Waals surface area contributed by atoms with Crippen LogP contribution in [-0.4, -0.2) is 34.3 Å². The maximum atomic E-state index is 12.9. The Bertz CT molecular complexity index is 904. The highest BCUT2D eigenvalue weighted by molar-refractivity contribution is 6.30. The molecule has 0 aliphatic carbocycles. The van der Waals surface area contributed by atoms with Crippen LogP contribution in [0.4, 0.5) is 16.2 Å². The summed E-state index contributed by atoms with van der Waals surface area (Å²) in [5.74, 6) is -0.171. The van der Waals surface area contributed by atoms with Crippen LogP contribution in [0.25, 0.3) is 0 Å². The van der Waals surface area contributed by atoms with Crippen LogP contribution in [0.3, 0.4) is 0 Å². The van der Waals surface area contributed by atoms with Gasteiger partial charge in [0.05, 0.1) is 4.92 Å². The molecule has 1 fully saturated rings. The van der Waals surface area contributed by atoms with E-state index in [0.29, 0.717) is 24.5 Å². The second-order valence-corrected chi connectivity index (χ2v) is 7.24. The third-order valence-electron chi connectivity index (χ3n) is 4.72. The normalized spacial score (nSPS) is 16.8. The average Bonchev–Trinajstić information content (AvgIpc) is 2.86. The highest BCUT2D eigenvalue weighted by atomic mass is 35.5. The molecule has 152 valence electrons. The number of hydrogen-bond acceptors (Lipinski definition) is 4. The standard InChI is InChI=1S/C20H21ClN4O4/c21-15-10-8-14(9-11-15)13-24-12-4-3-6-17(19(24)26)23-20(27)22-16-5-1-2-7-18(16)25(28)29/h1-2,5,7-11,17H,3-4,6,12-13H2,(H2,22,23,27). The number of halogens is 1. The first-order valence-electron chi connectivity index (χ1n) is 9.28. The monoisotopic (exact) mass is 416 g/mol. The lowest BCUT2D eigenvalue weighted by Gasteiger charge is -2.25. The van der Waals surface area contributed by atoms with Crippen molar-refractivity contribution < 1.29 is 14.5 Å². The Morgan fingerprint density at radius 1 is 1.17 bits per heavy atom. The van der Waals surface area contributed by atoms with Gasteiger partial charge in [-0.3, -0.25) is 14.9 Å². The van der Waals surface area contributed by atoms with Crippen molar-refractivity contribution in [2.75, 3.05) is 11.9 Å². The molecule has 1 atom stereocenters. The largest absolute Gasteiger partial charge is 0.337 e. The molecule has 3 amide bonds. The fourth-order valence-electron chi connectivity index (χ4n) is 3.26. The molecule has 3 rings (SSSR count). The number of anilines is 1. The smallest absolute Gasteiger partial charge is 0.320 e. The number of nitrogens with one attached hydrogen (secondary N) is 2. The minimum atomic E-state index is -0.687. The molecule has 0 aromatic heterocycles. The van der Waals surface area contributed by atoms with E-state index < -0.39 is 17.0 Å². The van der Waals surface area contributed by atoms with Gasteiger partial charge in [-0.25, -0.2) is 4.79 Å². The summed E-state index contributed by atoms with van der Waals surface area (Å²) >= 11 is 5.91. The zero-order chi connectivity index (χ0) is 20.8. The molecule has 0 saturated carbocycles. The summed E-state index contributed by atoms with van der Waals surface area (Å²) in [6.07, 6.45) is 2.14. The molecule has 2 aromatic carbocycles. The third-order valence-corrected chi connectivity index (χ3v) is 4.97. The quantitative estimate of drug-likeness (QED) is 0.568. The Hall–Kier alpha value is -3.13. The highest BCUT2D eigenvalue weighted by Gasteiger charge is 2.28. The SMILES string of the molecule is O=C(Nc1ccccc1[N+](=O)[O-])NC1CCCCN(Cc2ccc(Cl)cc2)C1=O. The zero-order valence-corrected chi connectivity index (χ0v) is 16.4. The van der Waals surface area contributed by atoms with Gasteiger partial charge in [0.1, 0.15) is 11.7 Å². The van der Waals surface area contributed by atoms with E-state index in [0.717, 1.165) is 18.4 Å². The number of amides is 3. The number of para-hydroxylation sites is 2. The maximum absolute atomic E-state index is 12.9. The highest BCUT2D eigenvalue weighted by Crippen LogP contribution is 2.23. The summed E-state index contributed by atoms with van der Waals surface area (Å²) in [5, 5.41) is 16.9. The van der Waals surface area contributed by atoms with Gasteiger partial charge < -0.3 is 15.5 Å². The van der Waals surface area contributed by atoms with Gasteiger partial charge in [-0.1, -0.05) is 35.9 Å². The Morgan fingerprint density at radius 3 is 2.62 bits per heavy atom. The van der Waals surface area contributed by atoms with Crippen LogP contribution in [0.5, 0.6) is 0 Å². The summed E-state index contributed by atoms with van der Waals surface area (Å²) in [7, 11) is 0. The van der Waals surface area contributed by atoms with Gasteiger partial charge in [0.2, 0.25) is 5.91 Å². The second kappa shape index (κ2) is 9.38. The van der Waals surface area contributed by atoms with E-state index in [-0.39, 0.29) is 17.3 Å². The molecule has 1 heterocycles. The number of benzene rings is 2. The number of nitro benzene ring substituents is 1. The van der Waals surface area contributed by atoms with Gasteiger partial charge >= 0.3 is 6.03 Å². The Balaban J connectivity index is 1.66. The number of nitro groups is 1. The van der Waals surface area contributed by atoms with Crippen molar-refractivity contribution in [3.8, 4) is 0 Å². The molecule has 1 aliphatic rings. The van der Waals surface area contributed by atoms with Crippen LogP contribution in [0, 0.1) is 10.1 Å². The van der Waals surface area contributed by atoms with Gasteiger partial charge in [0.25, 0.3) is 5.69 Å². The van der Waals surface area contributed by atoms with Crippen molar-refractivity contribution in [3.63, 3.8) is 0 Å². The fraction of sp³-hybridized carbons (Fsp3) is 0.300. The lowest BCUT2D eigenvalue weighted by Crippen LogP contribution is -2.48. The van der Waals surface area contributed by atoms with Crippen molar-refractivity contribution in [1.29, 1.82) is 0 Å². The molecule has 1 aliphatic heterocycles. The van der Waals surface area contributed by atoms with Crippen molar-refractivity contribution in [3.05, 3.63) is 69.2 Å². The number of hydrogen-bond donors (Lipinski definition) is 2. The van der Waals surface area contributed by atoms with Crippen LogP contribution < -0.4 is 10.6 Å². The molecule has 0 bridgehead atoms. The van der Waals surface area contributed by atoms with E-state index in [1.54, 1.807) is 23.1 Å². The van der Waals surface area contributed by atoms with Crippen LogP contribution >= 0.6 is 11.6 Å². The van der Waals surface area contributed by atoms with Crippen LogP contribution in [0.2, 0.25) is 5.02 Å². The zero-order valence-electron chi connectivity index (χ0n) is 15.6. The van der Waals surface area contributed by atoms with E-state index in [1.807, 2.05) is 12.1 Å². The van der Waals surface area contributed by atoms with Gasteiger partial charge in [0, 0.05) is 24.2 Å². The lowest BCUT2D eigenvalue weighted by molar-refractivity contribution is -0.383.